The monoisotopic (exact) mass is 663 g/mol. The second-order valence-corrected chi connectivity index (χ2v) is 13.7. The van der Waals surface area contributed by atoms with E-state index in [1.165, 1.54) is 11.0 Å². The molecule has 6 aliphatic rings. The fraction of sp³-hybridized carbons (Fsp3) is 0.424. The van der Waals surface area contributed by atoms with Crippen molar-refractivity contribution in [2.75, 3.05) is 19.4 Å². The number of aromatic hydroxyl groups is 1. The minimum absolute atomic E-state index is 0.00267. The van der Waals surface area contributed by atoms with Gasteiger partial charge in [0.05, 0.1) is 16.6 Å². The number of amides is 2. The van der Waals surface area contributed by atoms with Crippen LogP contribution in [0.4, 0.5) is 5.69 Å². The van der Waals surface area contributed by atoms with Crippen LogP contribution < -0.4 is 11.1 Å². The van der Waals surface area contributed by atoms with Gasteiger partial charge in [-0.15, -0.1) is 0 Å². The molecule has 1 aromatic carbocycles. The van der Waals surface area contributed by atoms with Crippen LogP contribution in [0.15, 0.2) is 53.3 Å². The van der Waals surface area contributed by atoms with Crippen LogP contribution in [-0.4, -0.2) is 96.4 Å². The molecular weight excluding hydrogens is 630 g/mol. The Hall–Kier alpha value is -4.30. The number of ketones is 2. The molecule has 2 bridgehead atoms. The summed E-state index contributed by atoms with van der Waals surface area (Å²) in [6.07, 6.45) is 6.16. The number of aromatic nitrogens is 1. The Kier molecular flexibility index (Phi) is 7.24. The van der Waals surface area contributed by atoms with Crippen LogP contribution in [0.1, 0.15) is 53.2 Å². The van der Waals surface area contributed by atoms with Gasteiger partial charge in [0, 0.05) is 36.0 Å². The van der Waals surface area contributed by atoms with Crippen molar-refractivity contribution in [3.05, 3.63) is 75.0 Å². The Morgan fingerprint density at radius 3 is 2.38 bits per heavy atom. The lowest BCUT2D eigenvalue weighted by atomic mass is 9.58. The summed E-state index contributed by atoms with van der Waals surface area (Å²) in [5, 5.41) is 48.5. The van der Waals surface area contributed by atoms with Gasteiger partial charge in [-0.1, -0.05) is 11.6 Å². The standard InChI is InChI=1S/C33H34ClN5O8/c1-38(2)25-18-10-14-9-15-11-19(34)23(37-32(46)24(13-5-7-36-8-6-13)39-16-3-4-17(39)12-16)27(41)20(15)26(40)21(14)29(43)33(18,47)30(44)22(28(25)42)31(35)45/h5-8,11,14,16-18,24-25,41-43,47H,3-4,9-10,12H2,1-2H3,(H2,35,45)(H,37,46)/t14?,16?,17?,18?,24?,25-,33-/m0/s1. The topological polar surface area (TPSA) is 207 Å². The minimum Gasteiger partial charge on any atom is -0.510 e. The largest absolute Gasteiger partial charge is 0.510 e. The van der Waals surface area contributed by atoms with Crippen LogP contribution in [-0.2, 0) is 20.8 Å². The summed E-state index contributed by atoms with van der Waals surface area (Å²) in [5.74, 6) is -8.05. The van der Waals surface area contributed by atoms with E-state index in [0.717, 1.165) is 19.3 Å². The lowest BCUT2D eigenvalue weighted by Gasteiger charge is -2.50. The molecule has 2 aliphatic heterocycles. The Bertz CT molecular complexity index is 1810. The number of nitrogens with two attached hydrogens (primary N) is 1. The predicted octanol–water partition coefficient (Wildman–Crippen LogP) is 2.09. The molecule has 246 valence electrons. The van der Waals surface area contributed by atoms with E-state index in [1.807, 2.05) is 0 Å². The van der Waals surface area contributed by atoms with Gasteiger partial charge in [0.15, 0.2) is 17.1 Å². The summed E-state index contributed by atoms with van der Waals surface area (Å²) in [4.78, 5) is 61.5. The lowest BCUT2D eigenvalue weighted by molar-refractivity contribution is -0.148. The Morgan fingerprint density at radius 1 is 1.13 bits per heavy atom. The third-order valence-electron chi connectivity index (χ3n) is 10.7. The van der Waals surface area contributed by atoms with Crippen LogP contribution in [0.3, 0.4) is 0 Å². The number of phenolic OH excluding ortho intramolecular Hbond substituents is 1. The van der Waals surface area contributed by atoms with Crippen molar-refractivity contribution in [3.63, 3.8) is 0 Å². The highest BCUT2D eigenvalue weighted by Gasteiger charge is 2.63. The molecule has 0 spiro atoms. The number of Topliss-reactive ketones (excluding diaryl/α,β-unsaturated/α-hetero) is 2. The maximum Gasteiger partial charge on any atom is 0.255 e. The van der Waals surface area contributed by atoms with Gasteiger partial charge in [-0.3, -0.25) is 34.0 Å². The van der Waals surface area contributed by atoms with Crippen molar-refractivity contribution >= 4 is 40.7 Å². The van der Waals surface area contributed by atoms with Gasteiger partial charge in [-0.25, -0.2) is 0 Å². The first-order valence-electron chi connectivity index (χ1n) is 15.4. The molecule has 3 fully saturated rings. The molecular formula is C33H34ClN5O8. The number of hydrogen-bond donors (Lipinski definition) is 6. The first-order valence-corrected chi connectivity index (χ1v) is 15.8. The molecule has 5 unspecified atom stereocenters. The van der Waals surface area contributed by atoms with Crippen molar-refractivity contribution in [1.29, 1.82) is 0 Å². The molecule has 7 atom stereocenters. The summed E-state index contributed by atoms with van der Waals surface area (Å²) in [5.41, 5.74) is 2.10. The Balaban J connectivity index is 1.28. The number of fused-ring (bicyclic) bond motifs is 4. The van der Waals surface area contributed by atoms with Gasteiger partial charge in [-0.05, 0) is 81.4 Å². The number of halogens is 1. The second kappa shape index (κ2) is 10.9. The summed E-state index contributed by atoms with van der Waals surface area (Å²) < 4.78 is 0. The third kappa shape index (κ3) is 4.37. The highest BCUT2D eigenvalue weighted by atomic mass is 35.5. The number of primary amides is 1. The Labute approximate surface area is 274 Å². The van der Waals surface area contributed by atoms with E-state index in [9.17, 15) is 39.6 Å². The average molecular weight is 664 g/mol. The number of nitrogens with one attached hydrogen (secondary N) is 1. The number of anilines is 1. The molecule has 4 aliphatic carbocycles. The van der Waals surface area contributed by atoms with E-state index < -0.39 is 75.7 Å². The van der Waals surface area contributed by atoms with Gasteiger partial charge < -0.3 is 31.5 Å². The second-order valence-electron chi connectivity index (χ2n) is 13.3. The number of hydrogen-bond acceptors (Lipinski definition) is 11. The highest BCUT2D eigenvalue weighted by Crippen LogP contribution is 2.54. The summed E-state index contributed by atoms with van der Waals surface area (Å²) in [7, 11) is 3.12. The zero-order valence-corrected chi connectivity index (χ0v) is 26.4. The number of benzene rings is 1. The number of rotatable bonds is 6. The van der Waals surface area contributed by atoms with Crippen LogP contribution in [0.5, 0.6) is 5.75 Å². The first kappa shape index (κ1) is 31.3. The van der Waals surface area contributed by atoms with E-state index in [4.69, 9.17) is 17.3 Å². The number of likely N-dealkylation sites (N-methyl/N-ethyl adjacent to an activating group) is 1. The van der Waals surface area contributed by atoms with Crippen molar-refractivity contribution in [3.8, 4) is 5.75 Å². The molecule has 8 rings (SSSR count). The van der Waals surface area contributed by atoms with E-state index in [-0.39, 0.29) is 46.8 Å². The molecule has 47 heavy (non-hydrogen) atoms. The van der Waals surface area contributed by atoms with Gasteiger partial charge >= 0.3 is 0 Å². The molecule has 2 amide bonds. The number of pyridine rings is 1. The van der Waals surface area contributed by atoms with Crippen molar-refractivity contribution < 1.29 is 39.6 Å². The molecule has 14 heteroatoms. The van der Waals surface area contributed by atoms with Crippen LogP contribution in [0, 0.1) is 11.8 Å². The Morgan fingerprint density at radius 2 is 1.79 bits per heavy atom. The normalized spacial score (nSPS) is 30.4. The molecule has 1 aromatic heterocycles. The zero-order valence-electron chi connectivity index (χ0n) is 25.6. The molecule has 2 saturated heterocycles. The van der Waals surface area contributed by atoms with Gasteiger partial charge in [0.2, 0.25) is 11.7 Å². The molecule has 3 heterocycles. The van der Waals surface area contributed by atoms with Crippen LogP contribution >= 0.6 is 11.6 Å². The number of phenols is 1. The molecule has 1 saturated carbocycles. The molecule has 2 aromatic rings. The zero-order chi connectivity index (χ0) is 33.7. The number of nitrogens with zero attached hydrogens (tertiary/aromatic N) is 3. The average Bonchev–Trinajstić information content (AvgIpc) is 3.65. The van der Waals surface area contributed by atoms with Crippen LogP contribution in [0.2, 0.25) is 5.02 Å². The summed E-state index contributed by atoms with van der Waals surface area (Å²) in [6, 6.07) is 3.68. The number of carbonyl (C=O) groups is 4. The maximum atomic E-state index is 14.1. The van der Waals surface area contributed by atoms with E-state index in [1.54, 1.807) is 38.6 Å². The number of carbonyl (C=O) groups excluding carboxylic acids is 4. The quantitative estimate of drug-likeness (QED) is 0.195. The fourth-order valence-corrected chi connectivity index (χ4v) is 8.91. The molecule has 0 radical (unpaired) electrons. The van der Waals surface area contributed by atoms with Crippen molar-refractivity contribution in [2.24, 2.45) is 17.6 Å². The predicted molar refractivity (Wildman–Crippen MR) is 168 cm³/mol. The SMILES string of the molecule is CN(C)[C@@H]1C(O)=C(C(N)=O)C(=O)[C@@]2(O)C(O)=C3C(=O)c4c(cc(Cl)c(NC(=O)C(c5ccncc5)N5C6CCC5C6)c4O)CC3CC12. The molecule has 7 N–H and O–H groups in total. The number of aliphatic hydroxyl groups is 3. The maximum absolute atomic E-state index is 14.1. The van der Waals surface area contributed by atoms with Gasteiger partial charge in [0.25, 0.3) is 5.91 Å². The minimum atomic E-state index is -2.75. The van der Waals surface area contributed by atoms with Gasteiger partial charge in [0.1, 0.15) is 28.8 Å². The molecule has 13 nitrogen and oxygen atoms in total. The van der Waals surface area contributed by atoms with Crippen molar-refractivity contribution in [1.82, 2.24) is 14.8 Å². The van der Waals surface area contributed by atoms with E-state index >= 15 is 0 Å². The van der Waals surface area contributed by atoms with Gasteiger partial charge in [-0.2, -0.15) is 0 Å². The van der Waals surface area contributed by atoms with E-state index in [2.05, 4.69) is 15.2 Å². The summed E-state index contributed by atoms with van der Waals surface area (Å²) >= 11 is 6.65. The summed E-state index contributed by atoms with van der Waals surface area (Å²) in [6.45, 7) is 0. The van der Waals surface area contributed by atoms with Crippen molar-refractivity contribution in [2.45, 2.75) is 61.9 Å². The van der Waals surface area contributed by atoms with E-state index in [0.29, 0.717) is 11.1 Å². The number of allylic oxidation sites excluding steroid dienone is 1. The van der Waals surface area contributed by atoms with Crippen LogP contribution in [0.25, 0.3) is 0 Å². The number of aliphatic hydroxyl groups excluding tert-OH is 2. The third-order valence-corrected chi connectivity index (χ3v) is 11.0. The lowest BCUT2D eigenvalue weighted by Crippen LogP contribution is -2.63. The highest BCUT2D eigenvalue weighted by molar-refractivity contribution is 6.35. The fourth-order valence-electron chi connectivity index (χ4n) is 8.64. The first-order chi connectivity index (χ1) is 22.3. The smallest absolute Gasteiger partial charge is 0.255 e.